The minimum absolute atomic E-state index is 0.942. The Morgan fingerprint density at radius 1 is 1.38 bits per heavy atom. The summed E-state index contributed by atoms with van der Waals surface area (Å²) >= 11 is 0. The zero-order valence-electron chi connectivity index (χ0n) is 11.4. The van der Waals surface area contributed by atoms with E-state index >= 15 is 0 Å². The molecule has 0 heterocycles. The van der Waals surface area contributed by atoms with Crippen LogP contribution < -0.4 is 10.7 Å². The van der Waals surface area contributed by atoms with Gasteiger partial charge in [0, 0.05) is 25.8 Å². The summed E-state index contributed by atoms with van der Waals surface area (Å²) in [5, 5.41) is 5.11. The van der Waals surface area contributed by atoms with Crippen molar-refractivity contribution in [2.24, 2.45) is 0 Å². The van der Waals surface area contributed by atoms with Crippen molar-refractivity contribution in [2.45, 2.75) is 20.8 Å². The lowest BCUT2D eigenvalue weighted by atomic mass is 10.4. The molecule has 0 atom stereocenters. The quantitative estimate of drug-likeness (QED) is 0.514. The average Bonchev–Trinajstić information content (AvgIpc) is 2.34. The van der Waals surface area contributed by atoms with Crippen LogP contribution in [0.3, 0.4) is 0 Å². The first-order valence-corrected chi connectivity index (χ1v) is 5.82. The SMILES string of the molecule is C=C/C(=C\C=C/C)NN(C)CCNC.CC. The Morgan fingerprint density at radius 3 is 2.44 bits per heavy atom. The standard InChI is InChI=1S/C11H21N3.C2H6/c1-5-7-8-11(6-2)13-14(4)10-9-12-3;1-2/h5-8,12-13H,2,9-10H2,1,3-4H3;1-2H3/b7-5-,11-8+;. The van der Waals surface area contributed by atoms with Crippen LogP contribution >= 0.6 is 0 Å². The second kappa shape index (κ2) is 13.9. The molecule has 0 aromatic carbocycles. The molecule has 0 radical (unpaired) electrons. The molecule has 0 amide bonds. The van der Waals surface area contributed by atoms with E-state index in [9.17, 15) is 0 Å². The minimum atomic E-state index is 0.942. The maximum Gasteiger partial charge on any atom is 0.0483 e. The fourth-order valence-corrected chi connectivity index (χ4v) is 0.907. The van der Waals surface area contributed by atoms with Crippen LogP contribution in [0.25, 0.3) is 0 Å². The summed E-state index contributed by atoms with van der Waals surface area (Å²) in [6, 6.07) is 0. The number of rotatable bonds is 7. The third-order valence-corrected chi connectivity index (χ3v) is 1.71. The predicted octanol–water partition coefficient (Wildman–Crippen LogP) is 2.31. The van der Waals surface area contributed by atoms with Crippen molar-refractivity contribution < 1.29 is 0 Å². The molecular formula is C13H27N3. The van der Waals surface area contributed by atoms with Gasteiger partial charge in [0.1, 0.15) is 0 Å². The van der Waals surface area contributed by atoms with Gasteiger partial charge in [0.15, 0.2) is 0 Å². The molecule has 0 saturated heterocycles. The van der Waals surface area contributed by atoms with Gasteiger partial charge in [-0.3, -0.25) is 0 Å². The Bertz CT molecular complexity index is 207. The Morgan fingerprint density at radius 2 is 2.00 bits per heavy atom. The van der Waals surface area contributed by atoms with Crippen molar-refractivity contribution in [1.29, 1.82) is 0 Å². The monoisotopic (exact) mass is 225 g/mol. The first-order chi connectivity index (χ1) is 7.74. The lowest BCUT2D eigenvalue weighted by Gasteiger charge is -2.19. The largest absolute Gasteiger partial charge is 0.319 e. The van der Waals surface area contributed by atoms with E-state index < -0.39 is 0 Å². The van der Waals surface area contributed by atoms with Gasteiger partial charge in [0.25, 0.3) is 0 Å². The molecule has 0 rings (SSSR count). The summed E-state index contributed by atoms with van der Waals surface area (Å²) in [6.07, 6.45) is 7.76. The zero-order valence-corrected chi connectivity index (χ0v) is 11.4. The maximum absolute atomic E-state index is 3.74. The summed E-state index contributed by atoms with van der Waals surface area (Å²) in [6.45, 7) is 11.6. The highest BCUT2D eigenvalue weighted by molar-refractivity contribution is 5.19. The van der Waals surface area contributed by atoms with Crippen LogP contribution in [-0.2, 0) is 0 Å². The highest BCUT2D eigenvalue weighted by atomic mass is 15.5. The number of hydrogen-bond acceptors (Lipinski definition) is 3. The van der Waals surface area contributed by atoms with Crippen LogP contribution in [0.2, 0.25) is 0 Å². The summed E-state index contributed by atoms with van der Waals surface area (Å²) in [7, 11) is 3.95. The van der Waals surface area contributed by atoms with Gasteiger partial charge in [-0.05, 0) is 26.1 Å². The van der Waals surface area contributed by atoms with Crippen LogP contribution in [0.5, 0.6) is 0 Å². The second-order valence-corrected chi connectivity index (χ2v) is 2.99. The molecule has 0 aliphatic carbocycles. The molecule has 0 aromatic heterocycles. The lowest BCUT2D eigenvalue weighted by molar-refractivity contribution is 0.271. The molecule has 0 saturated carbocycles. The van der Waals surface area contributed by atoms with Gasteiger partial charge in [-0.1, -0.05) is 32.6 Å². The van der Waals surface area contributed by atoms with E-state index in [2.05, 4.69) is 17.3 Å². The van der Waals surface area contributed by atoms with E-state index in [-0.39, 0.29) is 0 Å². The van der Waals surface area contributed by atoms with Gasteiger partial charge >= 0.3 is 0 Å². The van der Waals surface area contributed by atoms with E-state index in [4.69, 9.17) is 0 Å². The molecule has 0 aliphatic rings. The van der Waals surface area contributed by atoms with Gasteiger partial charge in [-0.25, -0.2) is 5.01 Å². The Hall–Kier alpha value is -1.06. The molecule has 0 aromatic rings. The zero-order chi connectivity index (χ0) is 12.8. The van der Waals surface area contributed by atoms with E-state index in [0.29, 0.717) is 0 Å². The Balaban J connectivity index is 0. The van der Waals surface area contributed by atoms with Crippen LogP contribution in [0.15, 0.2) is 36.6 Å². The molecule has 0 unspecified atom stereocenters. The molecule has 0 aliphatic heterocycles. The molecule has 3 heteroatoms. The second-order valence-electron chi connectivity index (χ2n) is 2.99. The number of nitrogens with zero attached hydrogens (tertiary/aromatic N) is 1. The Labute approximate surface area is 101 Å². The molecule has 16 heavy (non-hydrogen) atoms. The number of hydrogen-bond donors (Lipinski definition) is 2. The van der Waals surface area contributed by atoms with Crippen molar-refractivity contribution >= 4 is 0 Å². The highest BCUT2D eigenvalue weighted by Crippen LogP contribution is 1.92. The first-order valence-electron chi connectivity index (χ1n) is 5.82. The lowest BCUT2D eigenvalue weighted by Crippen LogP contribution is -2.37. The third kappa shape index (κ3) is 11.0. The number of hydrazine groups is 1. The molecule has 0 bridgehead atoms. The summed E-state index contributed by atoms with van der Waals surface area (Å²) in [5.41, 5.74) is 4.22. The van der Waals surface area contributed by atoms with Crippen molar-refractivity contribution in [2.75, 3.05) is 27.2 Å². The summed E-state index contributed by atoms with van der Waals surface area (Å²) in [4.78, 5) is 0. The van der Waals surface area contributed by atoms with Crippen molar-refractivity contribution in [3.63, 3.8) is 0 Å². The third-order valence-electron chi connectivity index (χ3n) is 1.71. The molecule has 2 N–H and O–H groups in total. The van der Waals surface area contributed by atoms with Gasteiger partial charge in [0.05, 0.1) is 0 Å². The van der Waals surface area contributed by atoms with Crippen LogP contribution in [0.1, 0.15) is 20.8 Å². The van der Waals surface area contributed by atoms with Gasteiger partial charge in [-0.15, -0.1) is 0 Å². The summed E-state index contributed by atoms with van der Waals surface area (Å²) < 4.78 is 0. The maximum atomic E-state index is 3.74. The van der Waals surface area contributed by atoms with E-state index in [1.54, 1.807) is 6.08 Å². The van der Waals surface area contributed by atoms with E-state index in [0.717, 1.165) is 18.8 Å². The molecular weight excluding hydrogens is 198 g/mol. The molecule has 0 spiro atoms. The van der Waals surface area contributed by atoms with Crippen LogP contribution in [0, 0.1) is 0 Å². The molecule has 94 valence electrons. The number of likely N-dealkylation sites (N-methyl/N-ethyl adjacent to an activating group) is 2. The molecule has 0 fully saturated rings. The first kappa shape index (κ1) is 17.3. The van der Waals surface area contributed by atoms with Gasteiger partial charge in [0.2, 0.25) is 0 Å². The fraction of sp³-hybridized carbons (Fsp3) is 0.538. The van der Waals surface area contributed by atoms with Gasteiger partial charge < -0.3 is 10.7 Å². The van der Waals surface area contributed by atoms with Crippen molar-refractivity contribution in [1.82, 2.24) is 15.8 Å². The topological polar surface area (TPSA) is 27.3 Å². The smallest absolute Gasteiger partial charge is 0.0483 e. The fourth-order valence-electron chi connectivity index (χ4n) is 0.907. The number of nitrogens with one attached hydrogen (secondary N) is 2. The predicted molar refractivity (Wildman–Crippen MR) is 74.1 cm³/mol. The minimum Gasteiger partial charge on any atom is -0.319 e. The normalized spacial score (nSPS) is 11.2. The van der Waals surface area contributed by atoms with Crippen LogP contribution in [0.4, 0.5) is 0 Å². The molecule has 3 nitrogen and oxygen atoms in total. The van der Waals surface area contributed by atoms with Crippen molar-refractivity contribution in [3.8, 4) is 0 Å². The van der Waals surface area contributed by atoms with Crippen molar-refractivity contribution in [3.05, 3.63) is 36.6 Å². The highest BCUT2D eigenvalue weighted by Gasteiger charge is 1.95. The van der Waals surface area contributed by atoms with Gasteiger partial charge in [-0.2, -0.15) is 0 Å². The van der Waals surface area contributed by atoms with E-state index in [1.165, 1.54) is 0 Å². The average molecular weight is 225 g/mol. The van der Waals surface area contributed by atoms with E-state index in [1.807, 2.05) is 58.1 Å². The summed E-state index contributed by atoms with van der Waals surface area (Å²) in [5.74, 6) is 0. The number of allylic oxidation sites excluding steroid dienone is 4. The Kier molecular flexibility index (Phi) is 15.1. The van der Waals surface area contributed by atoms with Crippen LogP contribution in [-0.4, -0.2) is 32.2 Å².